The fourth-order valence-corrected chi connectivity index (χ4v) is 2.37. The van der Waals surface area contributed by atoms with Gasteiger partial charge in [0.1, 0.15) is 6.04 Å². The first-order chi connectivity index (χ1) is 8.54. The Morgan fingerprint density at radius 2 is 1.94 bits per heavy atom. The van der Waals surface area contributed by atoms with Gasteiger partial charge in [-0.25, -0.2) is 0 Å². The molecule has 2 rings (SSSR count). The normalized spacial score (nSPS) is 25.6. The van der Waals surface area contributed by atoms with Gasteiger partial charge in [0.05, 0.1) is 0 Å². The second kappa shape index (κ2) is 5.08. The van der Waals surface area contributed by atoms with Crippen molar-refractivity contribution in [3.05, 3.63) is 29.8 Å². The van der Waals surface area contributed by atoms with Crippen molar-refractivity contribution in [2.75, 3.05) is 25.0 Å². The third-order valence-corrected chi connectivity index (χ3v) is 3.75. The number of amides is 1. The van der Waals surface area contributed by atoms with Gasteiger partial charge < -0.3 is 10.6 Å². The number of anilines is 1. The number of nitrogens with zero attached hydrogens (tertiary/aromatic N) is 2. The lowest BCUT2D eigenvalue weighted by Crippen LogP contribution is -2.62. The Morgan fingerprint density at radius 3 is 2.50 bits per heavy atom. The maximum absolute atomic E-state index is 12.4. The molecule has 18 heavy (non-hydrogen) atoms. The Kier molecular flexibility index (Phi) is 3.68. The van der Waals surface area contributed by atoms with E-state index in [2.05, 4.69) is 11.8 Å². The van der Waals surface area contributed by atoms with Crippen LogP contribution in [0.2, 0.25) is 0 Å². The number of carbonyl (C=O) groups is 1. The average molecular weight is 247 g/mol. The van der Waals surface area contributed by atoms with E-state index in [-0.39, 0.29) is 11.9 Å². The Balaban J connectivity index is 2.28. The number of carbonyl (C=O) groups excluding carboxylic acids is 1. The molecule has 4 nitrogen and oxygen atoms in total. The molecular formula is C14H21N3O. The molecule has 0 bridgehead atoms. The minimum absolute atomic E-state index is 0.0990. The third kappa shape index (κ3) is 2.26. The number of hydrogen-bond donors (Lipinski definition) is 1. The summed E-state index contributed by atoms with van der Waals surface area (Å²) in [7, 11) is 1.96. The first-order valence-corrected chi connectivity index (χ1v) is 6.34. The molecule has 2 atom stereocenters. The van der Waals surface area contributed by atoms with Gasteiger partial charge in [0.25, 0.3) is 0 Å². The van der Waals surface area contributed by atoms with Gasteiger partial charge in [0, 0.05) is 24.8 Å². The van der Waals surface area contributed by atoms with Crippen LogP contribution in [0.25, 0.3) is 0 Å². The Morgan fingerprint density at radius 1 is 1.33 bits per heavy atom. The number of benzene rings is 1. The number of hydrogen-bond acceptors (Lipinski definition) is 3. The highest BCUT2D eigenvalue weighted by molar-refractivity contribution is 5.98. The van der Waals surface area contributed by atoms with Crippen LogP contribution in [-0.4, -0.2) is 43.0 Å². The van der Waals surface area contributed by atoms with E-state index < -0.39 is 0 Å². The SMILES string of the molecule is Cc1ccc(N2CC(C)N(C)C(CN)C2=O)cc1. The molecule has 1 aromatic rings. The lowest BCUT2D eigenvalue weighted by molar-refractivity contribution is -0.126. The summed E-state index contributed by atoms with van der Waals surface area (Å²) >= 11 is 0. The number of piperazine rings is 1. The molecule has 0 saturated carbocycles. The topological polar surface area (TPSA) is 49.6 Å². The molecule has 2 N–H and O–H groups in total. The molecule has 98 valence electrons. The van der Waals surface area contributed by atoms with Crippen LogP contribution in [0.15, 0.2) is 24.3 Å². The minimum atomic E-state index is -0.213. The molecule has 1 fully saturated rings. The smallest absolute Gasteiger partial charge is 0.245 e. The van der Waals surface area contributed by atoms with Crippen molar-refractivity contribution in [3.63, 3.8) is 0 Å². The van der Waals surface area contributed by atoms with Crippen molar-refractivity contribution >= 4 is 11.6 Å². The highest BCUT2D eigenvalue weighted by Crippen LogP contribution is 2.22. The summed E-state index contributed by atoms with van der Waals surface area (Å²) in [4.78, 5) is 16.3. The molecule has 0 aliphatic carbocycles. The zero-order chi connectivity index (χ0) is 13.3. The van der Waals surface area contributed by atoms with Crippen molar-refractivity contribution in [1.29, 1.82) is 0 Å². The van der Waals surface area contributed by atoms with Crippen LogP contribution in [0.5, 0.6) is 0 Å². The molecule has 1 aromatic carbocycles. The Hall–Kier alpha value is -1.39. The first kappa shape index (κ1) is 13.1. The Bertz CT molecular complexity index is 429. The molecule has 1 aliphatic rings. The van der Waals surface area contributed by atoms with E-state index in [4.69, 9.17) is 5.73 Å². The largest absolute Gasteiger partial charge is 0.328 e. The van der Waals surface area contributed by atoms with Gasteiger partial charge in [-0.1, -0.05) is 17.7 Å². The predicted octanol–water partition coefficient (Wildman–Crippen LogP) is 0.989. The lowest BCUT2D eigenvalue weighted by atomic mass is 10.1. The quantitative estimate of drug-likeness (QED) is 0.848. The number of nitrogens with two attached hydrogens (primary N) is 1. The molecule has 4 heteroatoms. The van der Waals surface area contributed by atoms with Crippen molar-refractivity contribution in [1.82, 2.24) is 4.90 Å². The van der Waals surface area contributed by atoms with Crippen LogP contribution in [0.1, 0.15) is 12.5 Å². The second-order valence-corrected chi connectivity index (χ2v) is 5.05. The zero-order valence-electron chi connectivity index (χ0n) is 11.3. The van der Waals surface area contributed by atoms with Crippen LogP contribution in [0.4, 0.5) is 5.69 Å². The van der Waals surface area contributed by atoms with Crippen LogP contribution < -0.4 is 10.6 Å². The van der Waals surface area contributed by atoms with Crippen molar-refractivity contribution in [3.8, 4) is 0 Å². The van der Waals surface area contributed by atoms with E-state index in [9.17, 15) is 4.79 Å². The summed E-state index contributed by atoms with van der Waals surface area (Å²) in [5.74, 6) is 0.0990. The van der Waals surface area contributed by atoms with Crippen LogP contribution in [0.3, 0.4) is 0 Å². The van der Waals surface area contributed by atoms with Gasteiger partial charge in [-0.3, -0.25) is 9.69 Å². The van der Waals surface area contributed by atoms with Crippen molar-refractivity contribution in [2.24, 2.45) is 5.73 Å². The first-order valence-electron chi connectivity index (χ1n) is 6.34. The Labute approximate surface area is 108 Å². The van der Waals surface area contributed by atoms with Crippen molar-refractivity contribution in [2.45, 2.75) is 25.9 Å². The fourth-order valence-electron chi connectivity index (χ4n) is 2.37. The van der Waals surface area contributed by atoms with Gasteiger partial charge >= 0.3 is 0 Å². The van der Waals surface area contributed by atoms with Gasteiger partial charge in [-0.2, -0.15) is 0 Å². The van der Waals surface area contributed by atoms with E-state index in [1.165, 1.54) is 5.56 Å². The average Bonchev–Trinajstić information content (AvgIpc) is 2.36. The standard InChI is InChI=1S/C14H21N3O/c1-10-4-6-12(7-5-10)17-9-11(2)16(3)13(8-15)14(17)18/h4-7,11,13H,8-9,15H2,1-3H3. The van der Waals surface area contributed by atoms with Gasteiger partial charge in [0.15, 0.2) is 0 Å². The molecular weight excluding hydrogens is 226 g/mol. The van der Waals surface area contributed by atoms with Gasteiger partial charge in [-0.05, 0) is 33.0 Å². The van der Waals surface area contributed by atoms with E-state index >= 15 is 0 Å². The maximum atomic E-state index is 12.4. The predicted molar refractivity (Wildman–Crippen MR) is 73.6 cm³/mol. The molecule has 1 amide bonds. The van der Waals surface area contributed by atoms with Crippen molar-refractivity contribution < 1.29 is 4.79 Å². The van der Waals surface area contributed by atoms with E-state index in [0.717, 1.165) is 12.2 Å². The molecule has 0 spiro atoms. The third-order valence-electron chi connectivity index (χ3n) is 3.75. The summed E-state index contributed by atoms with van der Waals surface area (Å²) in [6, 6.07) is 8.16. The molecule has 2 unspecified atom stereocenters. The summed E-state index contributed by atoms with van der Waals surface area (Å²) in [6.07, 6.45) is 0. The second-order valence-electron chi connectivity index (χ2n) is 5.05. The number of aryl methyl sites for hydroxylation is 1. The highest BCUT2D eigenvalue weighted by atomic mass is 16.2. The lowest BCUT2D eigenvalue weighted by Gasteiger charge is -2.42. The molecule has 1 heterocycles. The molecule has 0 radical (unpaired) electrons. The molecule has 0 aromatic heterocycles. The van der Waals surface area contributed by atoms with Gasteiger partial charge in [-0.15, -0.1) is 0 Å². The summed E-state index contributed by atoms with van der Waals surface area (Å²) in [6.45, 7) is 5.24. The summed E-state index contributed by atoms with van der Waals surface area (Å²) < 4.78 is 0. The summed E-state index contributed by atoms with van der Waals surface area (Å²) in [5, 5.41) is 0. The van der Waals surface area contributed by atoms with Crippen LogP contribution in [0, 0.1) is 6.92 Å². The number of likely N-dealkylation sites (N-methyl/N-ethyl adjacent to an activating group) is 1. The van der Waals surface area contributed by atoms with Crippen LogP contribution >= 0.6 is 0 Å². The van der Waals surface area contributed by atoms with E-state index in [0.29, 0.717) is 12.6 Å². The number of rotatable bonds is 2. The van der Waals surface area contributed by atoms with E-state index in [1.54, 1.807) is 0 Å². The monoisotopic (exact) mass is 247 g/mol. The minimum Gasteiger partial charge on any atom is -0.328 e. The highest BCUT2D eigenvalue weighted by Gasteiger charge is 2.36. The van der Waals surface area contributed by atoms with Gasteiger partial charge in [0.2, 0.25) is 5.91 Å². The molecule has 1 aliphatic heterocycles. The summed E-state index contributed by atoms with van der Waals surface area (Å²) in [5.41, 5.74) is 7.88. The fraction of sp³-hybridized carbons (Fsp3) is 0.500. The maximum Gasteiger partial charge on any atom is 0.245 e. The van der Waals surface area contributed by atoms with Crippen LogP contribution in [-0.2, 0) is 4.79 Å². The zero-order valence-corrected chi connectivity index (χ0v) is 11.3. The van der Waals surface area contributed by atoms with E-state index in [1.807, 2.05) is 43.1 Å². The molecule has 1 saturated heterocycles.